The summed E-state index contributed by atoms with van der Waals surface area (Å²) in [5.74, 6) is 0.569. The Morgan fingerprint density at radius 1 is 1.16 bits per heavy atom. The van der Waals surface area contributed by atoms with E-state index in [1.165, 1.54) is 34.7 Å². The first-order valence-electron chi connectivity index (χ1n) is 10.3. The number of carbonyl (C=O) groups is 1. The van der Waals surface area contributed by atoms with Crippen molar-refractivity contribution in [3.63, 3.8) is 0 Å². The molecule has 0 atom stereocenters. The number of methoxy groups -OCH3 is 1. The fourth-order valence-corrected chi connectivity index (χ4v) is 5.89. The third-order valence-electron chi connectivity index (χ3n) is 5.66. The first-order valence-corrected chi connectivity index (χ1v) is 12.0. The van der Waals surface area contributed by atoms with Gasteiger partial charge in [0.2, 0.25) is 0 Å². The number of hydrogen-bond donors (Lipinski definition) is 1. The van der Waals surface area contributed by atoms with Crippen LogP contribution >= 0.6 is 22.7 Å². The van der Waals surface area contributed by atoms with Gasteiger partial charge in [-0.1, -0.05) is 17.4 Å². The van der Waals surface area contributed by atoms with E-state index in [1.807, 2.05) is 31.2 Å². The summed E-state index contributed by atoms with van der Waals surface area (Å²) in [5, 5.41) is 5.64. The molecule has 3 heterocycles. The molecule has 2 aromatic heterocycles. The Bertz CT molecular complexity index is 1240. The van der Waals surface area contributed by atoms with Gasteiger partial charge in [0.1, 0.15) is 11.3 Å². The molecule has 0 radical (unpaired) electrons. The maximum absolute atomic E-state index is 13.0. The summed E-state index contributed by atoms with van der Waals surface area (Å²) in [7, 11) is 1.64. The summed E-state index contributed by atoms with van der Waals surface area (Å²) in [4.78, 5) is 21.3. The SMILES string of the molecule is COc1ccc(-c2cccs2)c2sc(NC(=O)c3ccc(N4CCCC4)cc3C)nc12. The molecule has 0 bridgehead atoms. The number of ether oxygens (including phenoxy) is 1. The third-order valence-corrected chi connectivity index (χ3v) is 7.57. The quantitative estimate of drug-likeness (QED) is 0.394. The second kappa shape index (κ2) is 8.32. The zero-order valence-electron chi connectivity index (χ0n) is 17.5. The van der Waals surface area contributed by atoms with Gasteiger partial charge in [-0.2, -0.15) is 0 Å². The number of anilines is 2. The van der Waals surface area contributed by atoms with Gasteiger partial charge in [-0.15, -0.1) is 11.3 Å². The third kappa shape index (κ3) is 3.79. The lowest BCUT2D eigenvalue weighted by Gasteiger charge is -2.19. The predicted molar refractivity (Wildman–Crippen MR) is 130 cm³/mol. The van der Waals surface area contributed by atoms with Crippen LogP contribution in [0.25, 0.3) is 20.7 Å². The molecule has 1 fully saturated rings. The fourth-order valence-electron chi connectivity index (χ4n) is 4.07. The highest BCUT2D eigenvalue weighted by atomic mass is 32.1. The second-order valence-electron chi connectivity index (χ2n) is 7.64. The molecule has 0 unspecified atom stereocenters. The van der Waals surface area contributed by atoms with Gasteiger partial charge in [0.15, 0.2) is 5.13 Å². The summed E-state index contributed by atoms with van der Waals surface area (Å²) in [5.41, 5.74) is 4.72. The molecule has 1 aliphatic rings. The number of amides is 1. The van der Waals surface area contributed by atoms with Gasteiger partial charge in [0, 0.05) is 34.8 Å². The van der Waals surface area contributed by atoms with E-state index in [-0.39, 0.29) is 5.91 Å². The number of aryl methyl sites for hydroxylation is 1. The number of nitrogens with one attached hydrogen (secondary N) is 1. The number of hydrogen-bond acceptors (Lipinski definition) is 6. The summed E-state index contributed by atoms with van der Waals surface area (Å²) in [6.07, 6.45) is 2.46. The van der Waals surface area contributed by atoms with Crippen molar-refractivity contribution in [3.8, 4) is 16.2 Å². The van der Waals surface area contributed by atoms with Crippen LogP contribution in [-0.2, 0) is 0 Å². The van der Waals surface area contributed by atoms with Crippen LogP contribution in [0.4, 0.5) is 10.8 Å². The molecule has 2 aromatic carbocycles. The minimum atomic E-state index is -0.138. The molecule has 158 valence electrons. The highest BCUT2D eigenvalue weighted by Crippen LogP contribution is 2.41. The van der Waals surface area contributed by atoms with Crippen LogP contribution in [0.5, 0.6) is 5.75 Å². The van der Waals surface area contributed by atoms with E-state index in [1.54, 1.807) is 18.4 Å². The van der Waals surface area contributed by atoms with Crippen molar-refractivity contribution in [2.75, 3.05) is 30.4 Å². The summed E-state index contributed by atoms with van der Waals surface area (Å²) in [6.45, 7) is 4.17. The smallest absolute Gasteiger partial charge is 0.257 e. The van der Waals surface area contributed by atoms with Gasteiger partial charge < -0.3 is 9.64 Å². The van der Waals surface area contributed by atoms with Crippen molar-refractivity contribution in [1.82, 2.24) is 4.98 Å². The van der Waals surface area contributed by atoms with E-state index in [0.717, 1.165) is 34.4 Å². The number of thiophene rings is 1. The monoisotopic (exact) mass is 449 g/mol. The zero-order valence-corrected chi connectivity index (χ0v) is 19.1. The number of fused-ring (bicyclic) bond motifs is 1. The maximum Gasteiger partial charge on any atom is 0.257 e. The Hall–Kier alpha value is -2.90. The van der Waals surface area contributed by atoms with E-state index in [4.69, 9.17) is 4.74 Å². The largest absolute Gasteiger partial charge is 0.494 e. The second-order valence-corrected chi connectivity index (χ2v) is 9.58. The molecule has 4 aromatic rings. The lowest BCUT2D eigenvalue weighted by molar-refractivity contribution is 0.102. The Morgan fingerprint density at radius 3 is 2.71 bits per heavy atom. The molecular weight excluding hydrogens is 426 g/mol. The van der Waals surface area contributed by atoms with Crippen LogP contribution in [0.15, 0.2) is 47.8 Å². The molecule has 5 nitrogen and oxygen atoms in total. The number of nitrogens with zero attached hydrogens (tertiary/aromatic N) is 2. The number of thiazole rings is 1. The number of rotatable bonds is 5. The zero-order chi connectivity index (χ0) is 21.4. The minimum absolute atomic E-state index is 0.138. The fraction of sp³-hybridized carbons (Fsp3) is 0.250. The molecule has 5 rings (SSSR count). The molecule has 0 aliphatic carbocycles. The molecule has 1 saturated heterocycles. The van der Waals surface area contributed by atoms with E-state index >= 15 is 0 Å². The van der Waals surface area contributed by atoms with Crippen LogP contribution in [0.2, 0.25) is 0 Å². The molecule has 7 heteroatoms. The Labute approximate surface area is 189 Å². The van der Waals surface area contributed by atoms with Gasteiger partial charge >= 0.3 is 0 Å². The molecule has 1 amide bonds. The van der Waals surface area contributed by atoms with Gasteiger partial charge in [0.25, 0.3) is 5.91 Å². The number of aromatic nitrogens is 1. The van der Waals surface area contributed by atoms with E-state index in [2.05, 4.69) is 38.8 Å². The Morgan fingerprint density at radius 2 is 2.00 bits per heavy atom. The minimum Gasteiger partial charge on any atom is -0.494 e. The van der Waals surface area contributed by atoms with Crippen molar-refractivity contribution < 1.29 is 9.53 Å². The van der Waals surface area contributed by atoms with Crippen molar-refractivity contribution >= 4 is 49.6 Å². The lowest BCUT2D eigenvalue weighted by Crippen LogP contribution is -2.19. The number of carbonyl (C=O) groups excluding carboxylic acids is 1. The van der Waals surface area contributed by atoms with E-state index in [9.17, 15) is 4.79 Å². The first kappa shape index (κ1) is 20.0. The lowest BCUT2D eigenvalue weighted by atomic mass is 10.1. The normalized spacial score (nSPS) is 13.7. The van der Waals surface area contributed by atoms with Gasteiger partial charge in [-0.05, 0) is 67.1 Å². The van der Waals surface area contributed by atoms with Crippen molar-refractivity contribution in [2.45, 2.75) is 19.8 Å². The highest BCUT2D eigenvalue weighted by molar-refractivity contribution is 7.23. The molecule has 1 aliphatic heterocycles. The molecular formula is C24H23N3O2S2. The van der Waals surface area contributed by atoms with E-state index < -0.39 is 0 Å². The summed E-state index contributed by atoms with van der Waals surface area (Å²) >= 11 is 3.16. The maximum atomic E-state index is 13.0. The number of benzene rings is 2. The molecule has 0 saturated carbocycles. The van der Waals surface area contributed by atoms with Crippen LogP contribution < -0.4 is 15.0 Å². The Balaban J connectivity index is 1.45. The Kier molecular flexibility index (Phi) is 5.38. The van der Waals surface area contributed by atoms with Crippen LogP contribution in [0, 0.1) is 6.92 Å². The summed E-state index contributed by atoms with van der Waals surface area (Å²) in [6, 6.07) is 14.2. The standard InChI is InChI=1S/C24H23N3O2S2/c1-15-14-16(27-11-3-4-12-27)7-8-17(15)23(28)26-24-25-21-19(29-2)10-9-18(22(21)31-24)20-6-5-13-30-20/h5-10,13-14H,3-4,11-12H2,1-2H3,(H,25,26,28). The topological polar surface area (TPSA) is 54.5 Å². The van der Waals surface area contributed by atoms with Crippen LogP contribution in [-0.4, -0.2) is 31.1 Å². The van der Waals surface area contributed by atoms with Gasteiger partial charge in [-0.3, -0.25) is 10.1 Å². The van der Waals surface area contributed by atoms with Crippen LogP contribution in [0.3, 0.4) is 0 Å². The highest BCUT2D eigenvalue weighted by Gasteiger charge is 2.19. The summed E-state index contributed by atoms with van der Waals surface area (Å²) < 4.78 is 6.53. The van der Waals surface area contributed by atoms with Crippen LogP contribution in [0.1, 0.15) is 28.8 Å². The van der Waals surface area contributed by atoms with Gasteiger partial charge in [0.05, 0.1) is 11.8 Å². The molecule has 1 N–H and O–H groups in total. The predicted octanol–water partition coefficient (Wildman–Crippen LogP) is 6.19. The first-order chi connectivity index (χ1) is 15.1. The average molecular weight is 450 g/mol. The van der Waals surface area contributed by atoms with Crippen molar-refractivity contribution in [2.24, 2.45) is 0 Å². The molecule has 0 spiro atoms. The van der Waals surface area contributed by atoms with Gasteiger partial charge in [-0.25, -0.2) is 4.98 Å². The molecule has 31 heavy (non-hydrogen) atoms. The van der Waals surface area contributed by atoms with Crippen molar-refractivity contribution in [1.29, 1.82) is 0 Å². The van der Waals surface area contributed by atoms with Crippen molar-refractivity contribution in [3.05, 3.63) is 59.0 Å². The average Bonchev–Trinajstić information content (AvgIpc) is 3.54. The van der Waals surface area contributed by atoms with E-state index in [0.29, 0.717) is 16.4 Å².